The molecule has 1 aromatic rings. The third kappa shape index (κ3) is 4.99. The van der Waals surface area contributed by atoms with E-state index in [1.165, 1.54) is 4.31 Å². The van der Waals surface area contributed by atoms with Crippen LogP contribution < -0.4 is 9.47 Å². The molecule has 10 heteroatoms. The Labute approximate surface area is 200 Å². The molecule has 8 nitrogen and oxygen atoms in total. The maximum atomic E-state index is 13.5. The van der Waals surface area contributed by atoms with Gasteiger partial charge in [0.2, 0.25) is 15.9 Å². The Hall–Kier alpha value is -1.49. The predicted molar refractivity (Wildman–Crippen MR) is 125 cm³/mol. The van der Waals surface area contributed by atoms with E-state index >= 15 is 0 Å². The molecule has 0 spiro atoms. The van der Waals surface area contributed by atoms with Gasteiger partial charge in [-0.25, -0.2) is 8.42 Å². The highest BCUT2D eigenvalue weighted by Crippen LogP contribution is 2.34. The van der Waals surface area contributed by atoms with Crippen LogP contribution in [0, 0.1) is 5.92 Å². The zero-order chi connectivity index (χ0) is 22.8. The summed E-state index contributed by atoms with van der Waals surface area (Å²) in [5.74, 6) is 3.15. The Balaban J connectivity index is 1.24. The largest absolute Gasteiger partial charge is 0.486 e. The molecule has 4 aliphatic heterocycles. The molecule has 0 aromatic heterocycles. The highest BCUT2D eigenvalue weighted by molar-refractivity contribution is 7.99. The van der Waals surface area contributed by atoms with Crippen LogP contribution in [0.2, 0.25) is 0 Å². The molecule has 0 saturated carbocycles. The second-order valence-corrected chi connectivity index (χ2v) is 12.2. The highest BCUT2D eigenvalue weighted by atomic mass is 32.2. The molecule has 0 N–H and O–H groups in total. The third-order valence-corrected chi connectivity index (χ3v) is 10.0. The molecule has 0 bridgehead atoms. The van der Waals surface area contributed by atoms with Gasteiger partial charge in [0.1, 0.15) is 13.2 Å². The van der Waals surface area contributed by atoms with Crippen molar-refractivity contribution in [1.82, 2.24) is 9.21 Å². The number of carbonyl (C=O) groups is 1. The molecule has 4 aliphatic rings. The molecule has 4 heterocycles. The average molecular weight is 497 g/mol. The van der Waals surface area contributed by atoms with Gasteiger partial charge >= 0.3 is 0 Å². The summed E-state index contributed by atoms with van der Waals surface area (Å²) in [5, 5.41) is 0. The maximum absolute atomic E-state index is 13.5. The minimum Gasteiger partial charge on any atom is -0.486 e. The van der Waals surface area contributed by atoms with E-state index < -0.39 is 10.0 Å². The van der Waals surface area contributed by atoms with E-state index in [9.17, 15) is 13.2 Å². The van der Waals surface area contributed by atoms with E-state index in [4.69, 9.17) is 14.2 Å². The van der Waals surface area contributed by atoms with Crippen molar-refractivity contribution in [3.8, 4) is 11.5 Å². The smallest absolute Gasteiger partial charge is 0.243 e. The fraction of sp³-hybridized carbons (Fsp3) is 0.696. The van der Waals surface area contributed by atoms with Gasteiger partial charge in [-0.2, -0.15) is 16.1 Å². The number of rotatable bonds is 6. The quantitative estimate of drug-likeness (QED) is 0.598. The second-order valence-electron chi connectivity index (χ2n) is 9.13. The van der Waals surface area contributed by atoms with Crippen molar-refractivity contribution in [2.45, 2.75) is 49.1 Å². The van der Waals surface area contributed by atoms with E-state index in [2.05, 4.69) is 4.90 Å². The lowest BCUT2D eigenvalue weighted by Crippen LogP contribution is -2.50. The van der Waals surface area contributed by atoms with Crippen LogP contribution in [0.15, 0.2) is 23.1 Å². The molecule has 3 saturated heterocycles. The van der Waals surface area contributed by atoms with Crippen molar-refractivity contribution in [2.24, 2.45) is 5.92 Å². The Kier molecular flexibility index (Phi) is 7.06. The van der Waals surface area contributed by atoms with Gasteiger partial charge < -0.3 is 19.1 Å². The zero-order valence-electron chi connectivity index (χ0n) is 18.8. The minimum atomic E-state index is -3.65. The van der Waals surface area contributed by atoms with Gasteiger partial charge in [0.25, 0.3) is 0 Å². The van der Waals surface area contributed by atoms with Crippen LogP contribution in [-0.4, -0.2) is 86.6 Å². The average Bonchev–Trinajstić information content (AvgIpc) is 3.56. The predicted octanol–water partition coefficient (Wildman–Crippen LogP) is 2.37. The number of ether oxygens (including phenoxy) is 3. The number of benzene rings is 1. The Bertz CT molecular complexity index is 952. The topological polar surface area (TPSA) is 85.4 Å². The van der Waals surface area contributed by atoms with Gasteiger partial charge in [0, 0.05) is 50.0 Å². The summed E-state index contributed by atoms with van der Waals surface area (Å²) in [6.45, 7) is 3.01. The fourth-order valence-electron chi connectivity index (χ4n) is 5.11. The van der Waals surface area contributed by atoms with Crippen molar-refractivity contribution in [3.63, 3.8) is 0 Å². The summed E-state index contributed by atoms with van der Waals surface area (Å²) >= 11 is 1.90. The van der Waals surface area contributed by atoms with Crippen LogP contribution >= 0.6 is 11.8 Å². The number of fused-ring (bicyclic) bond motifs is 1. The summed E-state index contributed by atoms with van der Waals surface area (Å²) < 4.78 is 44.9. The zero-order valence-corrected chi connectivity index (χ0v) is 20.4. The maximum Gasteiger partial charge on any atom is 0.243 e. The first-order chi connectivity index (χ1) is 16.0. The molecule has 2 atom stereocenters. The molecular formula is C23H32N2O6S2. The molecule has 5 rings (SSSR count). The third-order valence-electron chi connectivity index (χ3n) is 7.01. The molecule has 0 radical (unpaired) electrons. The number of piperidine rings is 1. The standard InChI is InChI=1S/C23H32N2O6S2/c26-23(25(18-7-13-32-16-18)15-19-2-1-10-29-19)17-5-8-24(9-6-17)33(27,28)20-3-4-21-22(14-20)31-12-11-30-21/h3-4,14,17-19H,1-2,5-13,15-16H2. The normalized spacial score (nSPS) is 26.4. The first-order valence-corrected chi connectivity index (χ1v) is 14.5. The number of amides is 1. The van der Waals surface area contributed by atoms with Crippen LogP contribution in [0.1, 0.15) is 32.1 Å². The molecule has 1 aromatic carbocycles. The lowest BCUT2D eigenvalue weighted by molar-refractivity contribution is -0.140. The van der Waals surface area contributed by atoms with Crippen molar-refractivity contribution in [3.05, 3.63) is 18.2 Å². The van der Waals surface area contributed by atoms with E-state index in [-0.39, 0.29) is 28.9 Å². The number of hydrogen-bond donors (Lipinski definition) is 0. The first-order valence-electron chi connectivity index (χ1n) is 11.9. The highest BCUT2D eigenvalue weighted by Gasteiger charge is 2.38. The van der Waals surface area contributed by atoms with Crippen LogP contribution in [0.4, 0.5) is 0 Å². The summed E-state index contributed by atoms with van der Waals surface area (Å²) in [6.07, 6.45) is 4.32. The number of thioether (sulfide) groups is 1. The molecular weight excluding hydrogens is 464 g/mol. The van der Waals surface area contributed by atoms with E-state index in [1.54, 1.807) is 18.2 Å². The molecule has 1 amide bonds. The monoisotopic (exact) mass is 496 g/mol. The van der Waals surface area contributed by atoms with Crippen LogP contribution in [0.25, 0.3) is 0 Å². The van der Waals surface area contributed by atoms with Gasteiger partial charge in [0.15, 0.2) is 11.5 Å². The molecule has 2 unspecified atom stereocenters. The number of sulfonamides is 1. The van der Waals surface area contributed by atoms with Crippen molar-refractivity contribution >= 4 is 27.7 Å². The lowest BCUT2D eigenvalue weighted by atomic mass is 9.95. The van der Waals surface area contributed by atoms with Crippen LogP contribution in [-0.2, 0) is 19.6 Å². The SMILES string of the molecule is O=C(C1CCN(S(=O)(=O)c2ccc3c(c2)OCCO3)CC1)N(CC1CCCO1)C1CCSC1. The summed E-state index contributed by atoms with van der Waals surface area (Å²) in [7, 11) is -3.65. The Morgan fingerprint density at radius 1 is 1.06 bits per heavy atom. The van der Waals surface area contributed by atoms with Crippen LogP contribution in [0.5, 0.6) is 11.5 Å². The summed E-state index contributed by atoms with van der Waals surface area (Å²) in [5.41, 5.74) is 0. The number of carbonyl (C=O) groups excluding carboxylic acids is 1. The molecule has 182 valence electrons. The van der Waals surface area contributed by atoms with E-state index in [1.807, 2.05) is 11.8 Å². The van der Waals surface area contributed by atoms with Gasteiger partial charge in [-0.3, -0.25) is 4.79 Å². The lowest BCUT2D eigenvalue weighted by Gasteiger charge is -2.37. The molecule has 3 fully saturated rings. The van der Waals surface area contributed by atoms with E-state index in [0.29, 0.717) is 57.2 Å². The van der Waals surface area contributed by atoms with Crippen molar-refractivity contribution in [2.75, 3.05) is 51.0 Å². The molecule has 0 aliphatic carbocycles. The van der Waals surface area contributed by atoms with Gasteiger partial charge in [-0.05, 0) is 50.0 Å². The van der Waals surface area contributed by atoms with Crippen LogP contribution in [0.3, 0.4) is 0 Å². The van der Waals surface area contributed by atoms with E-state index in [0.717, 1.165) is 37.4 Å². The second kappa shape index (κ2) is 10.0. The molecule has 33 heavy (non-hydrogen) atoms. The van der Waals surface area contributed by atoms with Gasteiger partial charge in [-0.1, -0.05) is 0 Å². The van der Waals surface area contributed by atoms with Crippen molar-refractivity contribution in [1.29, 1.82) is 0 Å². The summed E-state index contributed by atoms with van der Waals surface area (Å²) in [6, 6.07) is 5.04. The summed E-state index contributed by atoms with van der Waals surface area (Å²) in [4.78, 5) is 15.8. The Morgan fingerprint density at radius 2 is 1.85 bits per heavy atom. The number of nitrogens with zero attached hydrogens (tertiary/aromatic N) is 2. The Morgan fingerprint density at radius 3 is 2.55 bits per heavy atom. The van der Waals surface area contributed by atoms with Gasteiger partial charge in [-0.15, -0.1) is 0 Å². The van der Waals surface area contributed by atoms with Crippen molar-refractivity contribution < 1.29 is 27.4 Å². The number of hydrogen-bond acceptors (Lipinski definition) is 7. The minimum absolute atomic E-state index is 0.134. The first kappa shape index (κ1) is 23.3. The van der Waals surface area contributed by atoms with Gasteiger partial charge in [0.05, 0.1) is 11.0 Å². The fourth-order valence-corrected chi connectivity index (χ4v) is 7.82.